The zero-order chi connectivity index (χ0) is 13.9. The first-order chi connectivity index (χ1) is 8.99. The summed E-state index contributed by atoms with van der Waals surface area (Å²) < 4.78 is 31.2. The molecule has 2 rings (SSSR count). The van der Waals surface area contributed by atoms with Gasteiger partial charge in [-0.2, -0.15) is 0 Å². The number of rotatable bonds is 5. The number of Topliss-reactive ketones (excluding diaryl/α,β-unsaturated/α-hetero) is 1. The Labute approximate surface area is 110 Å². The smallest absolute Gasteiger partial charge is 0.240 e. The Kier molecular flexibility index (Phi) is 3.77. The fourth-order valence-electron chi connectivity index (χ4n) is 1.46. The summed E-state index contributed by atoms with van der Waals surface area (Å²) in [6.45, 7) is 1.41. The third-order valence-corrected chi connectivity index (χ3v) is 3.88. The van der Waals surface area contributed by atoms with Gasteiger partial charge in [-0.25, -0.2) is 18.1 Å². The van der Waals surface area contributed by atoms with Crippen LogP contribution in [0.25, 0.3) is 0 Å². The number of benzene rings is 1. The Morgan fingerprint density at radius 1 is 1.42 bits per heavy atom. The van der Waals surface area contributed by atoms with Crippen molar-refractivity contribution in [2.45, 2.75) is 18.4 Å². The van der Waals surface area contributed by atoms with Crippen LogP contribution in [-0.4, -0.2) is 19.2 Å². The number of oxazole rings is 1. The number of ketones is 1. The van der Waals surface area contributed by atoms with Crippen molar-refractivity contribution in [3.63, 3.8) is 0 Å². The molecule has 6 nitrogen and oxygen atoms in total. The molecule has 7 heteroatoms. The van der Waals surface area contributed by atoms with Crippen LogP contribution in [0.3, 0.4) is 0 Å². The van der Waals surface area contributed by atoms with Crippen LogP contribution in [0.15, 0.2) is 46.2 Å². The topological polar surface area (TPSA) is 89.3 Å². The number of sulfonamides is 1. The van der Waals surface area contributed by atoms with E-state index in [2.05, 4.69) is 9.71 Å². The van der Waals surface area contributed by atoms with E-state index in [-0.39, 0.29) is 17.2 Å². The molecule has 1 aromatic carbocycles. The van der Waals surface area contributed by atoms with Gasteiger partial charge in [0.05, 0.1) is 17.1 Å². The second-order valence-electron chi connectivity index (χ2n) is 3.89. The van der Waals surface area contributed by atoms with Gasteiger partial charge in [0.2, 0.25) is 10.0 Å². The van der Waals surface area contributed by atoms with E-state index < -0.39 is 10.0 Å². The average Bonchev–Trinajstić information content (AvgIpc) is 2.90. The van der Waals surface area contributed by atoms with Crippen molar-refractivity contribution in [3.05, 3.63) is 48.2 Å². The normalized spacial score (nSPS) is 11.4. The molecule has 0 unspecified atom stereocenters. The first-order valence-electron chi connectivity index (χ1n) is 5.47. The SMILES string of the molecule is CC(=O)c1cccc(S(=O)(=O)NCc2cocn2)c1. The highest BCUT2D eigenvalue weighted by Gasteiger charge is 2.15. The van der Waals surface area contributed by atoms with Gasteiger partial charge in [0.25, 0.3) is 0 Å². The molecule has 0 aliphatic rings. The molecule has 0 radical (unpaired) electrons. The van der Waals surface area contributed by atoms with Gasteiger partial charge in [-0.15, -0.1) is 0 Å². The van der Waals surface area contributed by atoms with Crippen molar-refractivity contribution in [1.82, 2.24) is 9.71 Å². The molecule has 1 aromatic heterocycles. The van der Waals surface area contributed by atoms with Gasteiger partial charge in [0, 0.05) is 5.56 Å². The first kappa shape index (κ1) is 13.4. The summed E-state index contributed by atoms with van der Waals surface area (Å²) >= 11 is 0. The summed E-state index contributed by atoms with van der Waals surface area (Å²) in [7, 11) is -3.68. The summed E-state index contributed by atoms with van der Waals surface area (Å²) in [5.41, 5.74) is 0.829. The molecule has 1 N–H and O–H groups in total. The molecule has 2 aromatic rings. The molecule has 0 amide bonds. The van der Waals surface area contributed by atoms with Crippen LogP contribution in [-0.2, 0) is 16.6 Å². The van der Waals surface area contributed by atoms with Crippen molar-refractivity contribution in [1.29, 1.82) is 0 Å². The van der Waals surface area contributed by atoms with Crippen LogP contribution in [0.2, 0.25) is 0 Å². The van der Waals surface area contributed by atoms with E-state index in [0.717, 1.165) is 0 Å². The van der Waals surface area contributed by atoms with Crippen molar-refractivity contribution in [2.75, 3.05) is 0 Å². The maximum absolute atomic E-state index is 12.0. The number of carbonyl (C=O) groups excluding carboxylic acids is 1. The standard InChI is InChI=1S/C12H12N2O4S/c1-9(15)10-3-2-4-12(5-10)19(16,17)14-6-11-7-18-8-13-11/h2-5,7-8,14H,6H2,1H3. The maximum atomic E-state index is 12.0. The molecule has 0 aliphatic heterocycles. The molecule has 0 fully saturated rings. The maximum Gasteiger partial charge on any atom is 0.240 e. The molecule has 100 valence electrons. The van der Waals surface area contributed by atoms with Crippen LogP contribution >= 0.6 is 0 Å². The van der Waals surface area contributed by atoms with Gasteiger partial charge in [-0.05, 0) is 19.1 Å². The Balaban J connectivity index is 2.19. The lowest BCUT2D eigenvalue weighted by atomic mass is 10.2. The van der Waals surface area contributed by atoms with Crippen LogP contribution < -0.4 is 4.72 Å². The second-order valence-corrected chi connectivity index (χ2v) is 5.66. The molecular weight excluding hydrogens is 268 g/mol. The van der Waals surface area contributed by atoms with Gasteiger partial charge in [-0.1, -0.05) is 12.1 Å². The quantitative estimate of drug-likeness (QED) is 0.835. The Morgan fingerprint density at radius 2 is 2.21 bits per heavy atom. The molecule has 19 heavy (non-hydrogen) atoms. The number of nitrogens with one attached hydrogen (secondary N) is 1. The first-order valence-corrected chi connectivity index (χ1v) is 6.95. The van der Waals surface area contributed by atoms with E-state index in [1.165, 1.54) is 37.8 Å². The van der Waals surface area contributed by atoms with Crippen LogP contribution in [0.4, 0.5) is 0 Å². The zero-order valence-corrected chi connectivity index (χ0v) is 11.0. The summed E-state index contributed by atoms with van der Waals surface area (Å²) in [4.78, 5) is 15.1. The van der Waals surface area contributed by atoms with Crippen molar-refractivity contribution < 1.29 is 17.6 Å². The van der Waals surface area contributed by atoms with Gasteiger partial charge in [0.15, 0.2) is 12.2 Å². The third kappa shape index (κ3) is 3.27. The van der Waals surface area contributed by atoms with E-state index in [9.17, 15) is 13.2 Å². The molecule has 0 aliphatic carbocycles. The van der Waals surface area contributed by atoms with E-state index in [0.29, 0.717) is 11.3 Å². The fraction of sp³-hybridized carbons (Fsp3) is 0.167. The molecule has 1 heterocycles. The van der Waals surface area contributed by atoms with E-state index in [4.69, 9.17) is 4.42 Å². The third-order valence-electron chi connectivity index (χ3n) is 2.48. The second kappa shape index (κ2) is 5.33. The minimum absolute atomic E-state index is 0.0309. The van der Waals surface area contributed by atoms with E-state index in [1.807, 2.05) is 0 Å². The molecule has 0 saturated heterocycles. The lowest BCUT2D eigenvalue weighted by Gasteiger charge is -2.06. The lowest BCUT2D eigenvalue weighted by Crippen LogP contribution is -2.23. The van der Waals surface area contributed by atoms with E-state index >= 15 is 0 Å². The predicted octanol–water partition coefficient (Wildman–Crippen LogP) is 1.36. The zero-order valence-electron chi connectivity index (χ0n) is 10.2. The van der Waals surface area contributed by atoms with Crippen LogP contribution in [0.5, 0.6) is 0 Å². The van der Waals surface area contributed by atoms with Gasteiger partial charge < -0.3 is 4.42 Å². The van der Waals surface area contributed by atoms with Crippen LogP contribution in [0, 0.1) is 0 Å². The highest BCUT2D eigenvalue weighted by atomic mass is 32.2. The summed E-state index contributed by atoms with van der Waals surface area (Å²) in [5, 5.41) is 0. The van der Waals surface area contributed by atoms with E-state index in [1.54, 1.807) is 6.07 Å². The summed E-state index contributed by atoms with van der Waals surface area (Å²) in [6, 6.07) is 5.87. The number of carbonyl (C=O) groups is 1. The largest absolute Gasteiger partial charge is 0.451 e. The molecule has 0 saturated carbocycles. The van der Waals surface area contributed by atoms with Gasteiger partial charge in [-0.3, -0.25) is 4.79 Å². The van der Waals surface area contributed by atoms with Crippen molar-refractivity contribution >= 4 is 15.8 Å². The van der Waals surface area contributed by atoms with Crippen molar-refractivity contribution in [3.8, 4) is 0 Å². The molecular formula is C12H12N2O4S. The Hall–Kier alpha value is -1.99. The highest BCUT2D eigenvalue weighted by molar-refractivity contribution is 7.89. The Morgan fingerprint density at radius 3 is 2.84 bits per heavy atom. The monoisotopic (exact) mass is 280 g/mol. The number of hydrogen-bond donors (Lipinski definition) is 1. The number of nitrogens with zero attached hydrogens (tertiary/aromatic N) is 1. The van der Waals surface area contributed by atoms with Crippen molar-refractivity contribution in [2.24, 2.45) is 0 Å². The molecule has 0 spiro atoms. The molecule has 0 bridgehead atoms. The molecule has 0 atom stereocenters. The summed E-state index contributed by atoms with van der Waals surface area (Å²) in [6.07, 6.45) is 2.58. The van der Waals surface area contributed by atoms with Gasteiger partial charge in [0.1, 0.15) is 6.26 Å². The number of aromatic nitrogens is 1. The predicted molar refractivity (Wildman–Crippen MR) is 67.0 cm³/mol. The fourth-order valence-corrected chi connectivity index (χ4v) is 2.50. The minimum atomic E-state index is -3.68. The van der Waals surface area contributed by atoms with Gasteiger partial charge >= 0.3 is 0 Å². The Bertz CT molecular complexity index is 678. The highest BCUT2D eigenvalue weighted by Crippen LogP contribution is 2.12. The average molecular weight is 280 g/mol. The lowest BCUT2D eigenvalue weighted by molar-refractivity contribution is 0.101. The minimum Gasteiger partial charge on any atom is -0.451 e. The van der Waals surface area contributed by atoms with Crippen LogP contribution in [0.1, 0.15) is 23.0 Å². The number of hydrogen-bond acceptors (Lipinski definition) is 5. The summed E-state index contributed by atoms with van der Waals surface area (Å²) in [5.74, 6) is -0.187.